The Morgan fingerprint density at radius 1 is 1.14 bits per heavy atom. The minimum atomic E-state index is 0.169. The molecule has 9 nitrogen and oxygen atoms in total. The van der Waals surface area contributed by atoms with E-state index in [2.05, 4.69) is 46.1 Å². The number of hydrogen-bond acceptors (Lipinski definition) is 7. The number of ether oxygens (including phenoxy) is 2. The Hall–Kier alpha value is -3.49. The molecule has 3 heterocycles. The van der Waals surface area contributed by atoms with E-state index in [0.29, 0.717) is 37.5 Å². The minimum Gasteiger partial charge on any atom is -0.493 e. The van der Waals surface area contributed by atoms with Gasteiger partial charge in [0.1, 0.15) is 17.8 Å². The Morgan fingerprint density at radius 2 is 1.97 bits per heavy atom. The molecule has 0 fully saturated rings. The number of aromatic amines is 1. The van der Waals surface area contributed by atoms with Crippen molar-refractivity contribution < 1.29 is 14.3 Å². The lowest BCUT2D eigenvalue weighted by Crippen LogP contribution is -2.38. The molecule has 35 heavy (non-hydrogen) atoms. The first-order chi connectivity index (χ1) is 17.0. The fourth-order valence-electron chi connectivity index (χ4n) is 4.49. The highest BCUT2D eigenvalue weighted by molar-refractivity contribution is 5.91. The van der Waals surface area contributed by atoms with E-state index in [0.717, 1.165) is 54.0 Å². The minimum absolute atomic E-state index is 0.169. The zero-order valence-corrected chi connectivity index (χ0v) is 21.1. The first-order valence-corrected chi connectivity index (χ1v) is 12.3. The second-order valence-corrected chi connectivity index (χ2v) is 9.22. The Balaban J connectivity index is 1.63. The molecule has 0 radical (unpaired) electrons. The van der Waals surface area contributed by atoms with Gasteiger partial charge in [0.2, 0.25) is 5.91 Å². The Morgan fingerprint density at radius 3 is 2.77 bits per heavy atom. The van der Waals surface area contributed by atoms with Crippen LogP contribution in [0.25, 0.3) is 11.0 Å². The van der Waals surface area contributed by atoms with Gasteiger partial charge in [0.25, 0.3) is 0 Å². The van der Waals surface area contributed by atoms with Gasteiger partial charge in [-0.3, -0.25) is 4.79 Å². The van der Waals surface area contributed by atoms with E-state index in [1.807, 2.05) is 29.3 Å². The van der Waals surface area contributed by atoms with Crippen molar-refractivity contribution in [3.05, 3.63) is 36.3 Å². The van der Waals surface area contributed by atoms with Crippen LogP contribution in [0.5, 0.6) is 11.5 Å². The summed E-state index contributed by atoms with van der Waals surface area (Å²) in [5.74, 6) is 2.40. The number of carbonyl (C=O) groups is 1. The second kappa shape index (κ2) is 11.3. The van der Waals surface area contributed by atoms with Crippen molar-refractivity contribution in [1.82, 2.24) is 19.9 Å². The van der Waals surface area contributed by atoms with Gasteiger partial charge in [0.15, 0.2) is 11.5 Å². The van der Waals surface area contributed by atoms with Crippen LogP contribution in [0, 0.1) is 0 Å². The van der Waals surface area contributed by atoms with Gasteiger partial charge in [-0.1, -0.05) is 0 Å². The molecule has 4 rings (SSSR count). The summed E-state index contributed by atoms with van der Waals surface area (Å²) in [5.41, 5.74) is 2.83. The summed E-state index contributed by atoms with van der Waals surface area (Å²) >= 11 is 0. The Kier molecular flexibility index (Phi) is 7.94. The van der Waals surface area contributed by atoms with E-state index in [4.69, 9.17) is 9.47 Å². The lowest BCUT2D eigenvalue weighted by atomic mass is 10.2. The lowest BCUT2D eigenvalue weighted by molar-refractivity contribution is -0.133. The van der Waals surface area contributed by atoms with E-state index < -0.39 is 0 Å². The van der Waals surface area contributed by atoms with Crippen LogP contribution >= 0.6 is 0 Å². The molecular weight excluding hydrogens is 444 g/mol. The van der Waals surface area contributed by atoms with Crippen LogP contribution in [-0.2, 0) is 11.3 Å². The van der Waals surface area contributed by atoms with Crippen molar-refractivity contribution in [3.63, 3.8) is 0 Å². The number of fused-ring (bicyclic) bond motifs is 2. The summed E-state index contributed by atoms with van der Waals surface area (Å²) in [4.78, 5) is 29.4. The molecule has 0 unspecified atom stereocenters. The highest BCUT2D eigenvalue weighted by atomic mass is 16.5. The molecule has 1 aliphatic rings. The SMILES string of the molecule is COc1ccc2cc1OCCCC(=O)N(C(C)C)CCCCN(C)c1ncnc3[nH]cc(c13)CN2. The van der Waals surface area contributed by atoms with Crippen molar-refractivity contribution in [2.75, 3.05) is 44.1 Å². The van der Waals surface area contributed by atoms with Crippen molar-refractivity contribution >= 4 is 28.4 Å². The van der Waals surface area contributed by atoms with Gasteiger partial charge < -0.3 is 29.6 Å². The van der Waals surface area contributed by atoms with E-state index in [1.54, 1.807) is 13.4 Å². The predicted molar refractivity (Wildman–Crippen MR) is 138 cm³/mol. The van der Waals surface area contributed by atoms with Crippen molar-refractivity contribution in [2.45, 2.75) is 52.1 Å². The molecule has 1 amide bonds. The molecule has 2 bridgehead atoms. The number of anilines is 2. The number of nitrogens with zero attached hydrogens (tertiary/aromatic N) is 4. The zero-order valence-electron chi connectivity index (χ0n) is 21.1. The number of hydrogen-bond donors (Lipinski definition) is 2. The standard InChI is InChI=1S/C26H36N6O3/c1-18(2)32-12-6-5-11-31(3)26-24-19(16-28-25(24)29-17-30-26)15-27-20-9-10-21(34-4)22(14-20)35-13-7-8-23(32)33/h9-10,14,16-18,27H,5-8,11-13,15H2,1-4H3,(H,28,29,30). The normalized spacial score (nSPS) is 16.3. The van der Waals surface area contributed by atoms with Gasteiger partial charge in [0.05, 0.1) is 19.1 Å². The third-order valence-electron chi connectivity index (χ3n) is 6.42. The molecular formula is C26H36N6O3. The quantitative estimate of drug-likeness (QED) is 0.567. The average Bonchev–Trinajstić information content (AvgIpc) is 3.27. The number of amides is 1. The summed E-state index contributed by atoms with van der Waals surface area (Å²) in [6, 6.07) is 5.97. The Labute approximate surface area is 206 Å². The number of methoxy groups -OCH3 is 1. The molecule has 0 saturated carbocycles. The van der Waals surface area contributed by atoms with Gasteiger partial charge in [-0.25, -0.2) is 9.97 Å². The molecule has 3 aromatic rings. The average molecular weight is 481 g/mol. The van der Waals surface area contributed by atoms with Crippen molar-refractivity contribution in [1.29, 1.82) is 0 Å². The summed E-state index contributed by atoms with van der Waals surface area (Å²) in [6.45, 7) is 6.80. The number of rotatable bonds is 2. The fraction of sp³-hybridized carbons (Fsp3) is 0.500. The lowest BCUT2D eigenvalue weighted by Gasteiger charge is -2.27. The molecule has 2 aromatic heterocycles. The van der Waals surface area contributed by atoms with Crippen molar-refractivity contribution in [2.24, 2.45) is 0 Å². The van der Waals surface area contributed by atoms with Crippen LogP contribution in [0.1, 0.15) is 45.1 Å². The van der Waals surface area contributed by atoms with Gasteiger partial charge >= 0.3 is 0 Å². The topological polar surface area (TPSA) is 95.6 Å². The molecule has 0 spiro atoms. The third-order valence-corrected chi connectivity index (χ3v) is 6.42. The van der Waals surface area contributed by atoms with E-state index in [-0.39, 0.29) is 11.9 Å². The number of H-pyrrole nitrogens is 1. The van der Waals surface area contributed by atoms with Crippen LogP contribution in [0.2, 0.25) is 0 Å². The maximum Gasteiger partial charge on any atom is 0.222 e. The van der Waals surface area contributed by atoms with Crippen LogP contribution in [0.4, 0.5) is 11.5 Å². The molecule has 2 N–H and O–H groups in total. The Bertz CT molecular complexity index is 1150. The van der Waals surface area contributed by atoms with Crippen LogP contribution in [0.15, 0.2) is 30.7 Å². The molecule has 188 valence electrons. The van der Waals surface area contributed by atoms with Crippen molar-refractivity contribution in [3.8, 4) is 11.5 Å². The highest BCUT2D eigenvalue weighted by Crippen LogP contribution is 2.32. The first-order valence-electron chi connectivity index (χ1n) is 12.3. The molecule has 0 saturated heterocycles. The van der Waals surface area contributed by atoms with Crippen LogP contribution in [-0.4, -0.2) is 65.7 Å². The first kappa shape index (κ1) is 24.6. The van der Waals surface area contributed by atoms with E-state index in [1.165, 1.54) is 0 Å². The fourth-order valence-corrected chi connectivity index (χ4v) is 4.49. The number of nitrogens with one attached hydrogen (secondary N) is 2. The summed E-state index contributed by atoms with van der Waals surface area (Å²) in [6.07, 6.45) is 6.60. The van der Waals surface area contributed by atoms with Gasteiger partial charge in [-0.05, 0) is 45.2 Å². The molecule has 9 heteroatoms. The smallest absolute Gasteiger partial charge is 0.222 e. The number of aromatic nitrogens is 3. The van der Waals surface area contributed by atoms with Gasteiger partial charge in [-0.15, -0.1) is 0 Å². The van der Waals surface area contributed by atoms with E-state index >= 15 is 0 Å². The maximum atomic E-state index is 12.9. The highest BCUT2D eigenvalue weighted by Gasteiger charge is 2.18. The summed E-state index contributed by atoms with van der Waals surface area (Å²) in [5, 5.41) is 4.50. The summed E-state index contributed by atoms with van der Waals surface area (Å²) in [7, 11) is 3.69. The maximum absolute atomic E-state index is 12.9. The second-order valence-electron chi connectivity index (χ2n) is 9.22. The van der Waals surface area contributed by atoms with Gasteiger partial charge in [-0.2, -0.15) is 0 Å². The predicted octanol–water partition coefficient (Wildman–Crippen LogP) is 4.20. The molecule has 0 aliphatic carbocycles. The van der Waals surface area contributed by atoms with E-state index in [9.17, 15) is 4.79 Å². The number of benzene rings is 1. The monoisotopic (exact) mass is 480 g/mol. The van der Waals surface area contributed by atoms with Gasteiger partial charge in [0, 0.05) is 62.7 Å². The molecule has 1 aromatic carbocycles. The molecule has 1 aliphatic heterocycles. The van der Waals surface area contributed by atoms with Crippen LogP contribution < -0.4 is 19.7 Å². The molecule has 0 atom stereocenters. The zero-order chi connectivity index (χ0) is 24.8. The third kappa shape index (κ3) is 5.78. The van der Waals surface area contributed by atoms with Crippen LogP contribution in [0.3, 0.4) is 0 Å². The summed E-state index contributed by atoms with van der Waals surface area (Å²) < 4.78 is 11.5. The largest absolute Gasteiger partial charge is 0.493 e. The number of carbonyl (C=O) groups excluding carboxylic acids is 1.